The lowest BCUT2D eigenvalue weighted by Gasteiger charge is -2.07. The van der Waals surface area contributed by atoms with Crippen molar-refractivity contribution in [2.45, 2.75) is 0 Å². The van der Waals surface area contributed by atoms with E-state index in [1.807, 2.05) is 48.5 Å². The molecule has 0 fully saturated rings. The van der Waals surface area contributed by atoms with Gasteiger partial charge in [0.1, 0.15) is 5.15 Å². The van der Waals surface area contributed by atoms with Crippen LogP contribution in [0.25, 0.3) is 28.3 Å². The fraction of sp³-hybridized carbons (Fsp3) is 0. The number of aromatic nitrogens is 6. The standard InChI is InChI=1S/C22H14ClN7O/c23-19-9-5-16(13-25-19)22(31)26-17-6-3-14(4-7-17)18-8-10-20-27-28-21(30(20)29-18)15-2-1-11-24-12-15/h1-13H,(H,26,31). The number of amides is 1. The lowest BCUT2D eigenvalue weighted by Crippen LogP contribution is -2.11. The first-order valence-electron chi connectivity index (χ1n) is 9.33. The van der Waals surface area contributed by atoms with Gasteiger partial charge in [-0.05, 0) is 48.5 Å². The number of halogens is 1. The Kier molecular flexibility index (Phi) is 4.81. The van der Waals surface area contributed by atoms with Crippen molar-refractivity contribution in [2.24, 2.45) is 0 Å². The van der Waals surface area contributed by atoms with Gasteiger partial charge in [0.2, 0.25) is 0 Å². The normalized spacial score (nSPS) is 10.9. The first-order valence-corrected chi connectivity index (χ1v) is 9.71. The molecule has 1 aromatic carbocycles. The van der Waals surface area contributed by atoms with E-state index in [4.69, 9.17) is 11.6 Å². The van der Waals surface area contributed by atoms with Crippen molar-refractivity contribution in [3.8, 4) is 22.6 Å². The topological polar surface area (TPSA) is 98.0 Å². The molecule has 1 amide bonds. The SMILES string of the molecule is O=C(Nc1ccc(-c2ccc3nnc(-c4cccnc4)n3n2)cc1)c1ccc(Cl)nc1. The van der Waals surface area contributed by atoms with Crippen LogP contribution in [0.15, 0.2) is 79.3 Å². The van der Waals surface area contributed by atoms with Crippen LogP contribution >= 0.6 is 11.6 Å². The summed E-state index contributed by atoms with van der Waals surface area (Å²) in [5.41, 5.74) is 4.19. The van der Waals surface area contributed by atoms with E-state index in [1.54, 1.807) is 29.0 Å². The highest BCUT2D eigenvalue weighted by atomic mass is 35.5. The van der Waals surface area contributed by atoms with Gasteiger partial charge in [0.05, 0.1) is 11.3 Å². The largest absolute Gasteiger partial charge is 0.322 e. The zero-order valence-corrected chi connectivity index (χ0v) is 16.7. The molecule has 0 saturated carbocycles. The highest BCUT2D eigenvalue weighted by molar-refractivity contribution is 6.29. The van der Waals surface area contributed by atoms with Crippen molar-refractivity contribution in [1.29, 1.82) is 0 Å². The molecule has 150 valence electrons. The highest BCUT2D eigenvalue weighted by Crippen LogP contribution is 2.22. The van der Waals surface area contributed by atoms with Gasteiger partial charge in [-0.2, -0.15) is 9.61 Å². The summed E-state index contributed by atoms with van der Waals surface area (Å²) in [5, 5.41) is 16.3. The first kappa shape index (κ1) is 18.8. The quantitative estimate of drug-likeness (QED) is 0.432. The molecule has 1 N–H and O–H groups in total. The molecule has 9 heteroatoms. The van der Waals surface area contributed by atoms with Crippen molar-refractivity contribution in [2.75, 3.05) is 5.32 Å². The number of fused-ring (bicyclic) bond motifs is 1. The number of carbonyl (C=O) groups is 1. The molecule has 0 aliphatic carbocycles. The fourth-order valence-electron chi connectivity index (χ4n) is 3.06. The van der Waals surface area contributed by atoms with Crippen LogP contribution in [0, 0.1) is 0 Å². The summed E-state index contributed by atoms with van der Waals surface area (Å²) in [6, 6.07) is 18.1. The molecule has 0 unspecified atom stereocenters. The monoisotopic (exact) mass is 427 g/mol. The maximum absolute atomic E-state index is 12.3. The lowest BCUT2D eigenvalue weighted by atomic mass is 10.1. The molecule has 4 aromatic heterocycles. The van der Waals surface area contributed by atoms with Gasteiger partial charge in [-0.3, -0.25) is 9.78 Å². The summed E-state index contributed by atoms with van der Waals surface area (Å²) >= 11 is 5.76. The van der Waals surface area contributed by atoms with Gasteiger partial charge in [-0.1, -0.05) is 23.7 Å². The predicted octanol–water partition coefficient (Wildman–Crippen LogP) is 4.15. The Morgan fingerprint density at radius 1 is 0.903 bits per heavy atom. The molecule has 5 aromatic rings. The number of pyridine rings is 2. The average molecular weight is 428 g/mol. The summed E-state index contributed by atoms with van der Waals surface area (Å²) in [7, 11) is 0. The number of hydrogen-bond acceptors (Lipinski definition) is 6. The molecule has 4 heterocycles. The fourth-order valence-corrected chi connectivity index (χ4v) is 3.17. The van der Waals surface area contributed by atoms with E-state index in [1.165, 1.54) is 6.20 Å². The Morgan fingerprint density at radius 3 is 2.52 bits per heavy atom. The maximum atomic E-state index is 12.3. The van der Waals surface area contributed by atoms with Crippen LogP contribution < -0.4 is 5.32 Å². The number of nitrogens with zero attached hydrogens (tertiary/aromatic N) is 6. The zero-order chi connectivity index (χ0) is 21.2. The van der Waals surface area contributed by atoms with Gasteiger partial charge in [0.15, 0.2) is 11.5 Å². The first-order chi connectivity index (χ1) is 15.2. The van der Waals surface area contributed by atoms with Crippen molar-refractivity contribution >= 4 is 28.8 Å². The molecular weight excluding hydrogens is 414 g/mol. The van der Waals surface area contributed by atoms with Crippen molar-refractivity contribution in [1.82, 2.24) is 29.8 Å². The number of anilines is 1. The number of benzene rings is 1. The van der Waals surface area contributed by atoms with E-state index in [2.05, 4.69) is 30.6 Å². The lowest BCUT2D eigenvalue weighted by molar-refractivity contribution is 0.102. The minimum Gasteiger partial charge on any atom is -0.322 e. The third-order valence-corrected chi connectivity index (χ3v) is 4.83. The van der Waals surface area contributed by atoms with Crippen LogP contribution in [-0.4, -0.2) is 35.7 Å². The molecule has 0 spiro atoms. The van der Waals surface area contributed by atoms with Gasteiger partial charge in [-0.25, -0.2) is 4.98 Å². The van der Waals surface area contributed by atoms with Gasteiger partial charge in [0.25, 0.3) is 5.91 Å². The summed E-state index contributed by atoms with van der Waals surface area (Å²) in [6.45, 7) is 0. The molecule has 0 radical (unpaired) electrons. The number of carbonyl (C=O) groups excluding carboxylic acids is 1. The van der Waals surface area contributed by atoms with Crippen molar-refractivity contribution in [3.05, 3.63) is 90.0 Å². The second-order valence-corrected chi connectivity index (χ2v) is 7.04. The molecule has 31 heavy (non-hydrogen) atoms. The second-order valence-electron chi connectivity index (χ2n) is 6.65. The third-order valence-electron chi connectivity index (χ3n) is 4.61. The molecule has 8 nitrogen and oxygen atoms in total. The summed E-state index contributed by atoms with van der Waals surface area (Å²) < 4.78 is 1.69. The molecule has 0 aliphatic heterocycles. The van der Waals surface area contributed by atoms with Gasteiger partial charge >= 0.3 is 0 Å². The Bertz CT molecular complexity index is 1370. The molecule has 0 saturated heterocycles. The number of hydrogen-bond donors (Lipinski definition) is 1. The van der Waals surface area contributed by atoms with E-state index in [0.717, 1.165) is 16.8 Å². The van der Waals surface area contributed by atoms with Crippen LogP contribution in [-0.2, 0) is 0 Å². The van der Waals surface area contributed by atoms with Gasteiger partial charge in [0, 0.05) is 35.4 Å². The van der Waals surface area contributed by atoms with Crippen molar-refractivity contribution in [3.63, 3.8) is 0 Å². The molecule has 0 bridgehead atoms. The molecule has 0 aliphatic rings. The zero-order valence-electron chi connectivity index (χ0n) is 16.0. The highest BCUT2D eigenvalue weighted by Gasteiger charge is 2.11. The Labute approximate surface area is 181 Å². The van der Waals surface area contributed by atoms with Crippen LogP contribution in [0.3, 0.4) is 0 Å². The minimum atomic E-state index is -0.262. The number of nitrogens with one attached hydrogen (secondary N) is 1. The Balaban J connectivity index is 1.40. The Hall–Kier alpha value is -4.17. The molecule has 5 rings (SSSR count). The summed E-state index contributed by atoms with van der Waals surface area (Å²) in [5.74, 6) is 0.354. The average Bonchev–Trinajstić information content (AvgIpc) is 3.24. The third kappa shape index (κ3) is 3.84. The van der Waals surface area contributed by atoms with Crippen LogP contribution in [0.5, 0.6) is 0 Å². The van der Waals surface area contributed by atoms with Gasteiger partial charge in [-0.15, -0.1) is 10.2 Å². The molecular formula is C22H14ClN7O. The van der Waals surface area contributed by atoms with E-state index >= 15 is 0 Å². The van der Waals surface area contributed by atoms with E-state index in [0.29, 0.717) is 27.9 Å². The van der Waals surface area contributed by atoms with Crippen LogP contribution in [0.2, 0.25) is 5.15 Å². The van der Waals surface area contributed by atoms with E-state index < -0.39 is 0 Å². The Morgan fingerprint density at radius 2 is 1.77 bits per heavy atom. The summed E-state index contributed by atoms with van der Waals surface area (Å²) in [4.78, 5) is 20.4. The summed E-state index contributed by atoms with van der Waals surface area (Å²) in [6.07, 6.45) is 4.86. The van der Waals surface area contributed by atoms with E-state index in [9.17, 15) is 4.79 Å². The number of rotatable bonds is 4. The van der Waals surface area contributed by atoms with Gasteiger partial charge < -0.3 is 5.32 Å². The van der Waals surface area contributed by atoms with Crippen molar-refractivity contribution < 1.29 is 4.79 Å². The molecule has 0 atom stereocenters. The second kappa shape index (κ2) is 7.92. The van der Waals surface area contributed by atoms with Crippen LogP contribution in [0.1, 0.15) is 10.4 Å². The predicted molar refractivity (Wildman–Crippen MR) is 117 cm³/mol. The van der Waals surface area contributed by atoms with Crippen LogP contribution in [0.4, 0.5) is 5.69 Å². The van der Waals surface area contributed by atoms with E-state index in [-0.39, 0.29) is 5.91 Å². The smallest absolute Gasteiger partial charge is 0.257 e. The maximum Gasteiger partial charge on any atom is 0.257 e. The minimum absolute atomic E-state index is 0.262.